The first-order valence-corrected chi connectivity index (χ1v) is 7.85. The average molecular weight is 310 g/mol. The zero-order chi connectivity index (χ0) is 15.8. The van der Waals surface area contributed by atoms with Crippen molar-refractivity contribution in [2.75, 3.05) is 25.0 Å². The van der Waals surface area contributed by atoms with E-state index in [1.165, 1.54) is 12.8 Å². The number of rotatable bonds is 4. The van der Waals surface area contributed by atoms with Gasteiger partial charge in [-0.15, -0.1) is 5.10 Å². The first-order chi connectivity index (χ1) is 11.2. The van der Waals surface area contributed by atoms with Crippen LogP contribution in [0.5, 0.6) is 0 Å². The molecule has 1 amide bonds. The molecule has 2 aliphatic rings. The van der Waals surface area contributed by atoms with Crippen molar-refractivity contribution in [2.45, 2.75) is 24.8 Å². The van der Waals surface area contributed by atoms with E-state index in [2.05, 4.69) is 31.1 Å². The van der Waals surface area contributed by atoms with Crippen molar-refractivity contribution in [3.05, 3.63) is 42.1 Å². The molecule has 0 radical (unpaired) electrons. The molecule has 7 nitrogen and oxygen atoms in total. The van der Waals surface area contributed by atoms with Crippen LogP contribution in [0.4, 0.5) is 5.82 Å². The van der Waals surface area contributed by atoms with Crippen LogP contribution in [0.2, 0.25) is 0 Å². The lowest BCUT2D eigenvalue weighted by molar-refractivity contribution is 0.0692. The van der Waals surface area contributed by atoms with Gasteiger partial charge in [0.05, 0.1) is 11.7 Å². The summed E-state index contributed by atoms with van der Waals surface area (Å²) in [4.78, 5) is 24.2. The molecule has 0 bridgehead atoms. The summed E-state index contributed by atoms with van der Waals surface area (Å²) in [7, 11) is 1.79. The Morgan fingerprint density at radius 2 is 1.91 bits per heavy atom. The Morgan fingerprint density at radius 1 is 1.17 bits per heavy atom. The lowest BCUT2D eigenvalue weighted by Crippen LogP contribution is -2.60. The van der Waals surface area contributed by atoms with Gasteiger partial charge in [0.2, 0.25) is 5.82 Å². The Morgan fingerprint density at radius 3 is 2.52 bits per heavy atom. The molecule has 1 saturated carbocycles. The minimum atomic E-state index is -0.148. The Kier molecular flexibility index (Phi) is 3.40. The van der Waals surface area contributed by atoms with Crippen LogP contribution in [-0.4, -0.2) is 57.2 Å². The van der Waals surface area contributed by atoms with E-state index in [-0.39, 0.29) is 17.8 Å². The van der Waals surface area contributed by atoms with Crippen molar-refractivity contribution in [1.29, 1.82) is 0 Å². The van der Waals surface area contributed by atoms with Crippen molar-refractivity contribution in [3.63, 3.8) is 0 Å². The summed E-state index contributed by atoms with van der Waals surface area (Å²) in [6, 6.07) is 5.95. The molecule has 0 atom stereocenters. The molecular weight excluding hydrogens is 292 g/mol. The SMILES string of the molecule is CN(C(=O)c1ncccn1)C1CN(c2ccc(C3CC3)nn2)C1. The van der Waals surface area contributed by atoms with Gasteiger partial charge in [-0.05, 0) is 31.0 Å². The lowest BCUT2D eigenvalue weighted by Gasteiger charge is -2.44. The Labute approximate surface area is 134 Å². The van der Waals surface area contributed by atoms with Crippen LogP contribution in [0, 0.1) is 0 Å². The van der Waals surface area contributed by atoms with Crippen LogP contribution in [0.3, 0.4) is 0 Å². The van der Waals surface area contributed by atoms with Crippen molar-refractivity contribution in [2.24, 2.45) is 0 Å². The first kappa shape index (κ1) is 14.0. The third-order valence-corrected chi connectivity index (χ3v) is 4.48. The fourth-order valence-corrected chi connectivity index (χ4v) is 2.72. The van der Waals surface area contributed by atoms with Crippen LogP contribution < -0.4 is 4.90 Å². The van der Waals surface area contributed by atoms with Crippen LogP contribution in [0.1, 0.15) is 35.1 Å². The second kappa shape index (κ2) is 5.57. The van der Waals surface area contributed by atoms with Crippen LogP contribution in [-0.2, 0) is 0 Å². The molecule has 0 N–H and O–H groups in total. The smallest absolute Gasteiger partial charge is 0.291 e. The van der Waals surface area contributed by atoms with Crippen molar-refractivity contribution < 1.29 is 4.79 Å². The summed E-state index contributed by atoms with van der Waals surface area (Å²) < 4.78 is 0. The molecule has 1 aliphatic carbocycles. The van der Waals surface area contributed by atoms with Crippen molar-refractivity contribution in [1.82, 2.24) is 25.1 Å². The highest BCUT2D eigenvalue weighted by Gasteiger charge is 2.34. The maximum absolute atomic E-state index is 12.3. The zero-order valence-electron chi connectivity index (χ0n) is 13.0. The van der Waals surface area contributed by atoms with Gasteiger partial charge in [0.25, 0.3) is 5.91 Å². The molecule has 118 valence electrons. The molecule has 0 aromatic carbocycles. The minimum Gasteiger partial charge on any atom is -0.351 e. The second-order valence-corrected chi connectivity index (χ2v) is 6.14. The van der Waals surface area contributed by atoms with E-state index in [4.69, 9.17) is 0 Å². The summed E-state index contributed by atoms with van der Waals surface area (Å²) in [5, 5.41) is 8.61. The molecule has 0 unspecified atom stereocenters. The molecule has 1 saturated heterocycles. The van der Waals surface area contributed by atoms with E-state index >= 15 is 0 Å². The quantitative estimate of drug-likeness (QED) is 0.842. The predicted octanol–water partition coefficient (Wildman–Crippen LogP) is 1.10. The van der Waals surface area contributed by atoms with Crippen molar-refractivity contribution >= 4 is 11.7 Å². The van der Waals surface area contributed by atoms with E-state index in [1.54, 1.807) is 30.4 Å². The summed E-state index contributed by atoms with van der Waals surface area (Å²) in [6.07, 6.45) is 5.62. The van der Waals surface area contributed by atoms with Gasteiger partial charge < -0.3 is 9.80 Å². The number of nitrogens with zero attached hydrogens (tertiary/aromatic N) is 6. The maximum Gasteiger partial charge on any atom is 0.291 e. The van der Waals surface area contributed by atoms with Gasteiger partial charge in [-0.1, -0.05) is 0 Å². The molecular formula is C16H18N6O. The number of carbonyl (C=O) groups excluding carboxylic acids is 1. The fourth-order valence-electron chi connectivity index (χ4n) is 2.72. The van der Waals surface area contributed by atoms with Gasteiger partial charge in [-0.25, -0.2) is 9.97 Å². The van der Waals surface area contributed by atoms with Crippen molar-refractivity contribution in [3.8, 4) is 0 Å². The topological polar surface area (TPSA) is 75.1 Å². The monoisotopic (exact) mass is 310 g/mol. The van der Waals surface area contributed by atoms with E-state index < -0.39 is 0 Å². The lowest BCUT2D eigenvalue weighted by atomic mass is 10.1. The number of carbonyl (C=O) groups is 1. The van der Waals surface area contributed by atoms with Gasteiger partial charge in [0, 0.05) is 38.4 Å². The van der Waals surface area contributed by atoms with E-state index in [9.17, 15) is 4.79 Å². The van der Waals surface area contributed by atoms with Gasteiger partial charge in [0.1, 0.15) is 0 Å². The zero-order valence-corrected chi connectivity index (χ0v) is 13.0. The Bertz CT molecular complexity index is 694. The summed E-state index contributed by atoms with van der Waals surface area (Å²) >= 11 is 0. The van der Waals surface area contributed by atoms with Crippen LogP contribution >= 0.6 is 0 Å². The van der Waals surface area contributed by atoms with Crippen LogP contribution in [0.25, 0.3) is 0 Å². The molecule has 3 heterocycles. The molecule has 2 aromatic rings. The number of likely N-dealkylation sites (N-methyl/N-ethyl adjacent to an activating group) is 1. The summed E-state index contributed by atoms with van der Waals surface area (Å²) in [5.41, 5.74) is 1.10. The normalized spacial score (nSPS) is 17.7. The van der Waals surface area contributed by atoms with Gasteiger partial charge in [-0.3, -0.25) is 4.79 Å². The first-order valence-electron chi connectivity index (χ1n) is 7.85. The van der Waals surface area contributed by atoms with Gasteiger partial charge in [-0.2, -0.15) is 5.10 Å². The number of anilines is 1. The number of hydrogen-bond donors (Lipinski definition) is 0. The highest BCUT2D eigenvalue weighted by Crippen LogP contribution is 2.38. The predicted molar refractivity (Wildman–Crippen MR) is 84.1 cm³/mol. The van der Waals surface area contributed by atoms with Crippen LogP contribution in [0.15, 0.2) is 30.6 Å². The Balaban J connectivity index is 1.36. The molecule has 7 heteroatoms. The average Bonchev–Trinajstić information content (AvgIpc) is 3.39. The van der Waals surface area contributed by atoms with E-state index in [0.717, 1.165) is 24.6 Å². The highest BCUT2D eigenvalue weighted by atomic mass is 16.2. The highest BCUT2D eigenvalue weighted by molar-refractivity contribution is 5.90. The van der Waals surface area contributed by atoms with E-state index in [0.29, 0.717) is 5.92 Å². The number of aromatic nitrogens is 4. The summed E-state index contributed by atoms with van der Waals surface area (Å²) in [6.45, 7) is 1.51. The molecule has 4 rings (SSSR count). The summed E-state index contributed by atoms with van der Waals surface area (Å²) in [5.74, 6) is 1.59. The minimum absolute atomic E-state index is 0.148. The molecule has 0 spiro atoms. The molecule has 2 fully saturated rings. The largest absolute Gasteiger partial charge is 0.351 e. The maximum atomic E-state index is 12.3. The number of hydrogen-bond acceptors (Lipinski definition) is 6. The van der Waals surface area contributed by atoms with E-state index in [1.807, 2.05) is 6.07 Å². The fraction of sp³-hybridized carbons (Fsp3) is 0.438. The van der Waals surface area contributed by atoms with Gasteiger partial charge in [0.15, 0.2) is 5.82 Å². The van der Waals surface area contributed by atoms with Gasteiger partial charge >= 0.3 is 0 Å². The number of amides is 1. The molecule has 23 heavy (non-hydrogen) atoms. The third-order valence-electron chi connectivity index (χ3n) is 4.48. The molecule has 1 aliphatic heterocycles. The standard InChI is InChI=1S/C16H18N6O/c1-21(16(23)15-17-7-2-8-18-15)12-9-22(10-12)14-6-5-13(19-20-14)11-3-4-11/h2,5-8,11-12H,3-4,9-10H2,1H3. The molecule has 2 aromatic heterocycles. The Hall–Kier alpha value is -2.57. The second-order valence-electron chi connectivity index (χ2n) is 6.14. The third kappa shape index (κ3) is 2.74.